The number of carbonyl (C=O) groups excluding carboxylic acids is 1. The van der Waals surface area contributed by atoms with Crippen LogP contribution in [0.1, 0.15) is 46.0 Å². The van der Waals surface area contributed by atoms with Crippen LogP contribution >= 0.6 is 0 Å². The van der Waals surface area contributed by atoms with E-state index in [0.717, 1.165) is 38.0 Å². The summed E-state index contributed by atoms with van der Waals surface area (Å²) in [6.45, 7) is 5.94. The molecule has 1 saturated heterocycles. The van der Waals surface area contributed by atoms with Gasteiger partial charge in [-0.25, -0.2) is 0 Å². The summed E-state index contributed by atoms with van der Waals surface area (Å²) < 4.78 is 10.8. The quantitative estimate of drug-likeness (QED) is 0.758. The zero-order valence-corrected chi connectivity index (χ0v) is 11.0. The molecule has 0 spiro atoms. The van der Waals surface area contributed by atoms with Crippen LogP contribution in [0.25, 0.3) is 0 Å². The zero-order chi connectivity index (χ0) is 12.3. The molecule has 2 aliphatic rings. The third-order valence-corrected chi connectivity index (χ3v) is 4.19. The van der Waals surface area contributed by atoms with Crippen LogP contribution in [0.3, 0.4) is 0 Å². The Labute approximate surface area is 104 Å². The number of Topliss-reactive ketones (excluding diaryl/α,β-unsaturated/α-hetero) is 1. The van der Waals surface area contributed by atoms with Gasteiger partial charge >= 0.3 is 0 Å². The van der Waals surface area contributed by atoms with Crippen LogP contribution in [0.2, 0.25) is 0 Å². The molecule has 1 aliphatic heterocycles. The molecule has 2 rings (SSSR count). The molecule has 0 radical (unpaired) electrons. The second-order valence-electron chi connectivity index (χ2n) is 5.69. The van der Waals surface area contributed by atoms with Gasteiger partial charge in [0, 0.05) is 12.3 Å². The van der Waals surface area contributed by atoms with Crippen molar-refractivity contribution in [2.45, 2.75) is 52.2 Å². The fourth-order valence-electron chi connectivity index (χ4n) is 2.94. The van der Waals surface area contributed by atoms with E-state index in [1.807, 2.05) is 0 Å². The average molecular weight is 240 g/mol. The fourth-order valence-corrected chi connectivity index (χ4v) is 2.94. The predicted molar refractivity (Wildman–Crippen MR) is 65.6 cm³/mol. The normalized spacial score (nSPS) is 31.4. The molecule has 2 atom stereocenters. The summed E-state index contributed by atoms with van der Waals surface area (Å²) in [7, 11) is 0. The van der Waals surface area contributed by atoms with Gasteiger partial charge in [-0.05, 0) is 37.5 Å². The van der Waals surface area contributed by atoms with Crippen LogP contribution in [0.15, 0.2) is 0 Å². The zero-order valence-electron chi connectivity index (χ0n) is 11.0. The first-order chi connectivity index (χ1) is 8.16. The van der Waals surface area contributed by atoms with Gasteiger partial charge in [0.2, 0.25) is 0 Å². The Morgan fingerprint density at radius 1 is 1.24 bits per heavy atom. The first-order valence-corrected chi connectivity index (χ1v) is 6.92. The van der Waals surface area contributed by atoms with Crippen molar-refractivity contribution >= 4 is 5.78 Å². The van der Waals surface area contributed by atoms with Crippen LogP contribution in [0.4, 0.5) is 0 Å². The monoisotopic (exact) mass is 240 g/mol. The molecule has 0 N–H and O–H groups in total. The number of ketones is 1. The minimum absolute atomic E-state index is 0.0535. The number of hydrogen-bond acceptors (Lipinski definition) is 3. The summed E-state index contributed by atoms with van der Waals surface area (Å²) in [5, 5.41) is 0. The van der Waals surface area contributed by atoms with Gasteiger partial charge < -0.3 is 9.47 Å². The number of hydrogen-bond donors (Lipinski definition) is 0. The van der Waals surface area contributed by atoms with Crippen LogP contribution in [-0.2, 0) is 14.3 Å². The molecule has 0 aromatic carbocycles. The molecule has 3 heteroatoms. The van der Waals surface area contributed by atoms with E-state index >= 15 is 0 Å². The molecule has 0 amide bonds. The van der Waals surface area contributed by atoms with E-state index in [4.69, 9.17) is 9.47 Å². The lowest BCUT2D eigenvalue weighted by molar-refractivity contribution is -0.127. The highest BCUT2D eigenvalue weighted by Crippen LogP contribution is 2.34. The maximum absolute atomic E-state index is 11.9. The summed E-state index contributed by atoms with van der Waals surface area (Å²) in [6, 6.07) is 0. The lowest BCUT2D eigenvalue weighted by atomic mass is 9.74. The summed E-state index contributed by atoms with van der Waals surface area (Å²) in [5.41, 5.74) is 0. The van der Waals surface area contributed by atoms with Crippen molar-refractivity contribution in [3.63, 3.8) is 0 Å². The van der Waals surface area contributed by atoms with E-state index < -0.39 is 0 Å². The van der Waals surface area contributed by atoms with Gasteiger partial charge in [-0.2, -0.15) is 0 Å². The molecule has 0 aromatic rings. The Balaban J connectivity index is 1.78. The highest BCUT2D eigenvalue weighted by Gasteiger charge is 2.30. The van der Waals surface area contributed by atoms with Gasteiger partial charge in [-0.15, -0.1) is 0 Å². The molecule has 0 bridgehead atoms. The van der Waals surface area contributed by atoms with E-state index in [0.29, 0.717) is 24.9 Å². The smallest absolute Gasteiger partial charge is 0.157 e. The molecule has 2 fully saturated rings. The minimum atomic E-state index is -0.0535. The third kappa shape index (κ3) is 3.52. The lowest BCUT2D eigenvalue weighted by Gasteiger charge is -2.31. The number of ether oxygens (including phenoxy) is 2. The van der Waals surface area contributed by atoms with Gasteiger partial charge in [0.05, 0.1) is 13.2 Å². The van der Waals surface area contributed by atoms with E-state index in [1.54, 1.807) is 0 Å². The van der Waals surface area contributed by atoms with Crippen molar-refractivity contribution < 1.29 is 14.3 Å². The Morgan fingerprint density at radius 2 is 1.94 bits per heavy atom. The first kappa shape index (κ1) is 13.0. The molecule has 0 aromatic heterocycles. The maximum Gasteiger partial charge on any atom is 0.157 e. The second-order valence-corrected chi connectivity index (χ2v) is 5.69. The molecular weight excluding hydrogens is 216 g/mol. The van der Waals surface area contributed by atoms with Crippen molar-refractivity contribution in [3.05, 3.63) is 0 Å². The SMILES string of the molecule is CC(C)C1CCC(=O)C(CCC2OCCO2)C1. The van der Waals surface area contributed by atoms with Crippen LogP contribution in [0.5, 0.6) is 0 Å². The Kier molecular flexibility index (Phi) is 4.57. The van der Waals surface area contributed by atoms with Gasteiger partial charge in [-0.1, -0.05) is 13.8 Å². The van der Waals surface area contributed by atoms with Crippen molar-refractivity contribution in [2.24, 2.45) is 17.8 Å². The summed E-state index contributed by atoms with van der Waals surface area (Å²) in [6.07, 6.45) is 4.70. The number of rotatable bonds is 4. The first-order valence-electron chi connectivity index (χ1n) is 6.92. The molecule has 1 heterocycles. The van der Waals surface area contributed by atoms with Crippen LogP contribution in [-0.4, -0.2) is 25.3 Å². The van der Waals surface area contributed by atoms with E-state index in [2.05, 4.69) is 13.8 Å². The van der Waals surface area contributed by atoms with Crippen molar-refractivity contribution in [1.29, 1.82) is 0 Å². The molecule has 1 saturated carbocycles. The molecule has 3 nitrogen and oxygen atoms in total. The second kappa shape index (κ2) is 5.96. The highest BCUT2D eigenvalue weighted by molar-refractivity contribution is 5.81. The van der Waals surface area contributed by atoms with Crippen molar-refractivity contribution in [3.8, 4) is 0 Å². The van der Waals surface area contributed by atoms with Crippen LogP contribution < -0.4 is 0 Å². The Morgan fingerprint density at radius 3 is 2.59 bits per heavy atom. The summed E-state index contributed by atoms with van der Waals surface area (Å²) >= 11 is 0. The average Bonchev–Trinajstić information content (AvgIpc) is 2.80. The minimum Gasteiger partial charge on any atom is -0.350 e. The molecule has 17 heavy (non-hydrogen) atoms. The predicted octanol–water partition coefficient (Wildman–Crippen LogP) is 2.78. The highest BCUT2D eigenvalue weighted by atomic mass is 16.7. The summed E-state index contributed by atoms with van der Waals surface area (Å²) in [4.78, 5) is 11.9. The molecule has 2 unspecified atom stereocenters. The van der Waals surface area contributed by atoms with Gasteiger partial charge in [0.15, 0.2) is 6.29 Å². The Hall–Kier alpha value is -0.410. The number of carbonyl (C=O) groups is 1. The van der Waals surface area contributed by atoms with E-state index in [-0.39, 0.29) is 12.2 Å². The van der Waals surface area contributed by atoms with Crippen LogP contribution in [0, 0.1) is 17.8 Å². The standard InChI is InChI=1S/C14H24O3/c1-10(2)11-3-5-13(15)12(9-11)4-6-14-16-7-8-17-14/h10-12,14H,3-9H2,1-2H3. The Bertz CT molecular complexity index is 256. The van der Waals surface area contributed by atoms with Crippen molar-refractivity contribution in [1.82, 2.24) is 0 Å². The fraction of sp³-hybridized carbons (Fsp3) is 0.929. The van der Waals surface area contributed by atoms with Gasteiger partial charge in [0.25, 0.3) is 0 Å². The van der Waals surface area contributed by atoms with Crippen molar-refractivity contribution in [2.75, 3.05) is 13.2 Å². The van der Waals surface area contributed by atoms with Gasteiger partial charge in [0.1, 0.15) is 5.78 Å². The topological polar surface area (TPSA) is 35.5 Å². The van der Waals surface area contributed by atoms with E-state index in [1.165, 1.54) is 0 Å². The summed E-state index contributed by atoms with van der Waals surface area (Å²) in [5.74, 6) is 2.14. The largest absolute Gasteiger partial charge is 0.350 e. The van der Waals surface area contributed by atoms with Gasteiger partial charge in [-0.3, -0.25) is 4.79 Å². The molecule has 1 aliphatic carbocycles. The molecular formula is C14H24O3. The third-order valence-electron chi connectivity index (χ3n) is 4.19. The lowest BCUT2D eigenvalue weighted by Crippen LogP contribution is -2.28. The molecule has 98 valence electrons. The maximum atomic E-state index is 11.9. The van der Waals surface area contributed by atoms with E-state index in [9.17, 15) is 4.79 Å².